The average molecular weight is 443 g/mol. The molecule has 1 aromatic rings. The molecule has 4 aliphatic carbocycles. The second-order valence-electron chi connectivity index (χ2n) is 10.8. The summed E-state index contributed by atoms with van der Waals surface area (Å²) in [6.07, 6.45) is 10.6. The molecule has 5 rings (SSSR count). The lowest BCUT2D eigenvalue weighted by molar-refractivity contribution is -0.130. The number of rotatable bonds is 3. The Hall–Kier alpha value is -2.01. The number of Topliss-reactive ketones (excluding diaryl/α,β-unsaturated/α-hetero) is 1. The summed E-state index contributed by atoms with van der Waals surface area (Å²) in [5, 5.41) is 10.2. The Morgan fingerprint density at radius 1 is 1.06 bits per heavy atom. The molecule has 1 N–H and O–H groups in total. The molecule has 3 saturated carbocycles. The van der Waals surface area contributed by atoms with E-state index in [1.807, 2.05) is 6.08 Å². The van der Waals surface area contributed by atoms with E-state index in [1.54, 1.807) is 12.1 Å². The zero-order valence-electron chi connectivity index (χ0n) is 18.8. The maximum Gasteiger partial charge on any atom is 0.387 e. The van der Waals surface area contributed by atoms with Crippen molar-refractivity contribution in [3.63, 3.8) is 0 Å². The van der Waals surface area contributed by atoms with Gasteiger partial charge in [-0.15, -0.1) is 0 Å². The zero-order chi connectivity index (χ0) is 22.7. The highest BCUT2D eigenvalue weighted by Gasteiger charge is 2.59. The molecule has 0 spiro atoms. The van der Waals surface area contributed by atoms with Crippen molar-refractivity contribution in [2.45, 2.75) is 71.5 Å². The van der Waals surface area contributed by atoms with Gasteiger partial charge in [-0.1, -0.05) is 37.6 Å². The molecule has 6 atom stereocenters. The molecule has 0 radical (unpaired) electrons. The molecular weight excluding hydrogens is 410 g/mol. The lowest BCUT2D eigenvalue weighted by atomic mass is 9.48. The fourth-order valence-electron chi connectivity index (χ4n) is 7.39. The van der Waals surface area contributed by atoms with Gasteiger partial charge < -0.3 is 9.84 Å². The molecule has 0 bridgehead atoms. The van der Waals surface area contributed by atoms with Crippen molar-refractivity contribution in [1.82, 2.24) is 0 Å². The largest absolute Gasteiger partial charge is 0.435 e. The first-order valence-electron chi connectivity index (χ1n) is 11.9. The minimum atomic E-state index is -2.84. The highest BCUT2D eigenvalue weighted by molar-refractivity contribution is 6.05. The molecule has 4 aliphatic rings. The Bertz CT molecular complexity index is 966. The zero-order valence-corrected chi connectivity index (χ0v) is 18.8. The Morgan fingerprint density at radius 2 is 1.78 bits per heavy atom. The molecule has 3 fully saturated rings. The summed E-state index contributed by atoms with van der Waals surface area (Å²) >= 11 is 0. The number of hydrogen-bond donors (Lipinski definition) is 1. The fourth-order valence-corrected chi connectivity index (χ4v) is 7.39. The van der Waals surface area contributed by atoms with Crippen molar-refractivity contribution in [3.8, 4) is 5.75 Å². The van der Waals surface area contributed by atoms with E-state index in [0.29, 0.717) is 17.8 Å². The number of carbonyl (C=O) groups excluding carboxylic acids is 1. The predicted molar refractivity (Wildman–Crippen MR) is 119 cm³/mol. The van der Waals surface area contributed by atoms with Crippen molar-refractivity contribution in [1.29, 1.82) is 0 Å². The van der Waals surface area contributed by atoms with Crippen LogP contribution in [-0.2, 0) is 4.79 Å². The van der Waals surface area contributed by atoms with E-state index < -0.39 is 6.61 Å². The van der Waals surface area contributed by atoms with E-state index in [-0.39, 0.29) is 28.5 Å². The number of ether oxygens (including phenoxy) is 1. The van der Waals surface area contributed by atoms with Crippen LogP contribution in [0.2, 0.25) is 0 Å². The summed E-state index contributed by atoms with van der Waals surface area (Å²) in [5.74, 6) is 1.79. The molecule has 0 aliphatic heterocycles. The Labute approximate surface area is 188 Å². The van der Waals surface area contributed by atoms with Crippen molar-refractivity contribution < 1.29 is 23.4 Å². The maximum absolute atomic E-state index is 13.5. The first kappa shape index (κ1) is 21.8. The van der Waals surface area contributed by atoms with Crippen molar-refractivity contribution >= 4 is 11.9 Å². The van der Waals surface area contributed by atoms with E-state index in [2.05, 4.69) is 24.7 Å². The van der Waals surface area contributed by atoms with E-state index in [4.69, 9.17) is 0 Å². The van der Waals surface area contributed by atoms with Crippen LogP contribution in [0.25, 0.3) is 6.08 Å². The van der Waals surface area contributed by atoms with Crippen molar-refractivity contribution in [3.05, 3.63) is 47.1 Å². The monoisotopic (exact) mass is 442 g/mol. The van der Waals surface area contributed by atoms with Gasteiger partial charge in [0.15, 0.2) is 5.78 Å². The van der Waals surface area contributed by atoms with Crippen LogP contribution in [0.5, 0.6) is 5.75 Å². The third-order valence-corrected chi connectivity index (χ3v) is 9.16. The van der Waals surface area contributed by atoms with Gasteiger partial charge in [0.2, 0.25) is 0 Å². The van der Waals surface area contributed by atoms with Gasteiger partial charge >= 0.3 is 6.61 Å². The molecule has 3 nitrogen and oxygen atoms in total. The van der Waals surface area contributed by atoms with E-state index >= 15 is 0 Å². The van der Waals surface area contributed by atoms with Gasteiger partial charge in [-0.25, -0.2) is 0 Å². The highest BCUT2D eigenvalue weighted by Crippen LogP contribution is 2.64. The van der Waals surface area contributed by atoms with Crippen LogP contribution >= 0.6 is 0 Å². The van der Waals surface area contributed by atoms with Gasteiger partial charge in [-0.3, -0.25) is 4.79 Å². The lowest BCUT2D eigenvalue weighted by Crippen LogP contribution is -2.50. The normalized spacial score (nSPS) is 40.0. The van der Waals surface area contributed by atoms with Gasteiger partial charge in [0.25, 0.3) is 0 Å². The molecule has 5 heteroatoms. The van der Waals surface area contributed by atoms with Crippen molar-refractivity contribution in [2.75, 3.05) is 0 Å². The van der Waals surface area contributed by atoms with Crippen LogP contribution in [0.1, 0.15) is 64.4 Å². The Balaban J connectivity index is 1.41. The molecule has 32 heavy (non-hydrogen) atoms. The van der Waals surface area contributed by atoms with Crippen LogP contribution < -0.4 is 4.74 Å². The van der Waals surface area contributed by atoms with E-state index in [0.717, 1.165) is 56.1 Å². The number of ketones is 1. The average Bonchev–Trinajstić information content (AvgIpc) is 3.00. The van der Waals surface area contributed by atoms with Gasteiger partial charge in [0, 0.05) is 5.41 Å². The van der Waals surface area contributed by atoms with Crippen LogP contribution in [-0.4, -0.2) is 23.6 Å². The number of hydrogen-bond acceptors (Lipinski definition) is 3. The van der Waals surface area contributed by atoms with Crippen LogP contribution in [0.4, 0.5) is 8.78 Å². The van der Waals surface area contributed by atoms with Crippen LogP contribution in [0.15, 0.2) is 41.5 Å². The number of benzene rings is 1. The summed E-state index contributed by atoms with van der Waals surface area (Å²) in [5.41, 5.74) is 2.97. The molecule has 172 valence electrons. The summed E-state index contributed by atoms with van der Waals surface area (Å²) < 4.78 is 29.2. The van der Waals surface area contributed by atoms with Gasteiger partial charge in [0.05, 0.1) is 6.10 Å². The number of allylic oxidation sites excluding steroid dienone is 2. The highest BCUT2D eigenvalue weighted by atomic mass is 19.3. The van der Waals surface area contributed by atoms with Crippen LogP contribution in [0.3, 0.4) is 0 Å². The number of carbonyl (C=O) groups is 1. The SMILES string of the molecule is C[C@]12CC[C@@H](O)CC1=CC[C@@H]1[C@@H]2CC[C@]2(C)C(=O)/C(=C/c3ccc(OC(F)F)cc3)C[C@@H]12. The molecule has 0 saturated heterocycles. The quantitative estimate of drug-likeness (QED) is 0.450. The predicted octanol–water partition coefficient (Wildman–Crippen LogP) is 6.17. The molecule has 0 aromatic heterocycles. The van der Waals surface area contributed by atoms with Crippen LogP contribution in [0, 0.1) is 28.6 Å². The Kier molecular flexibility index (Phi) is 5.31. The van der Waals surface area contributed by atoms with E-state index in [9.17, 15) is 18.7 Å². The van der Waals surface area contributed by atoms with E-state index in [1.165, 1.54) is 17.7 Å². The summed E-state index contributed by atoms with van der Waals surface area (Å²) in [7, 11) is 0. The minimum absolute atomic E-state index is 0.124. The number of aliphatic hydroxyl groups excluding tert-OH is 1. The number of alkyl halides is 2. The second-order valence-corrected chi connectivity index (χ2v) is 10.8. The fraction of sp³-hybridized carbons (Fsp3) is 0.593. The summed E-state index contributed by atoms with van der Waals surface area (Å²) in [6.45, 7) is 1.70. The lowest BCUT2D eigenvalue weighted by Gasteiger charge is -2.56. The number of halogens is 2. The molecule has 1 aromatic carbocycles. The van der Waals surface area contributed by atoms with Gasteiger partial charge in [0.1, 0.15) is 5.75 Å². The molecule has 0 amide bonds. The first-order valence-corrected chi connectivity index (χ1v) is 11.9. The minimum Gasteiger partial charge on any atom is -0.435 e. The topological polar surface area (TPSA) is 46.5 Å². The first-order chi connectivity index (χ1) is 15.2. The Morgan fingerprint density at radius 3 is 2.50 bits per heavy atom. The van der Waals surface area contributed by atoms with Crippen molar-refractivity contribution in [2.24, 2.45) is 28.6 Å². The second kappa shape index (κ2) is 7.79. The smallest absolute Gasteiger partial charge is 0.387 e. The summed E-state index contributed by atoms with van der Waals surface area (Å²) in [4.78, 5) is 13.5. The molecule has 0 heterocycles. The third kappa shape index (κ3) is 3.44. The number of aliphatic hydroxyl groups is 1. The van der Waals surface area contributed by atoms with Gasteiger partial charge in [-0.2, -0.15) is 8.78 Å². The standard InChI is InChI=1S/C27H32F2O3/c1-26-11-9-19(30)15-18(26)5-8-21-22(26)10-12-27(2)23(21)14-17(24(27)31)13-16-3-6-20(7-4-16)32-25(28)29/h3-7,13,19,21-23,25,30H,8-12,14-15H2,1-2H3/b17-13+/t19-,21-,22+,23+,26+,27+/m1/s1. The maximum atomic E-state index is 13.5. The van der Waals surface area contributed by atoms with Gasteiger partial charge in [-0.05, 0) is 97.5 Å². The molecule has 0 unspecified atom stereocenters. The molecular formula is C27H32F2O3. The summed E-state index contributed by atoms with van der Waals surface area (Å²) in [6, 6.07) is 6.51. The third-order valence-electron chi connectivity index (χ3n) is 9.16. The number of fused-ring (bicyclic) bond motifs is 5.